The minimum absolute atomic E-state index is 0.0612. The summed E-state index contributed by atoms with van der Waals surface area (Å²) in [6, 6.07) is 0. The van der Waals surface area contributed by atoms with Gasteiger partial charge in [0, 0.05) is 19.3 Å². The molecule has 2 rings (SSSR count). The zero-order valence-corrected chi connectivity index (χ0v) is 10.3. The van der Waals surface area contributed by atoms with Crippen molar-refractivity contribution in [2.24, 2.45) is 0 Å². The standard InChI is InChI=1S/C9H15N3O4S/c1-17(14,15)7-8(10)16-11-9(7)12-4-2-6(13)3-5-12/h6,13H,2-5,10H2,1H3. The number of hydrogen-bond acceptors (Lipinski definition) is 7. The number of nitrogens with two attached hydrogens (primary N) is 1. The molecule has 0 atom stereocenters. The summed E-state index contributed by atoms with van der Waals surface area (Å²) in [5, 5.41) is 13.1. The van der Waals surface area contributed by atoms with Crippen LogP contribution in [-0.4, -0.2) is 44.1 Å². The van der Waals surface area contributed by atoms with Crippen LogP contribution >= 0.6 is 0 Å². The third-order valence-corrected chi connectivity index (χ3v) is 3.92. The van der Waals surface area contributed by atoms with E-state index in [4.69, 9.17) is 10.3 Å². The van der Waals surface area contributed by atoms with Crippen molar-refractivity contribution in [1.82, 2.24) is 5.16 Å². The molecule has 96 valence electrons. The molecule has 1 aromatic rings. The van der Waals surface area contributed by atoms with Gasteiger partial charge in [-0.1, -0.05) is 5.16 Å². The van der Waals surface area contributed by atoms with Crippen LogP contribution in [0, 0.1) is 0 Å². The second-order valence-corrected chi connectivity index (χ2v) is 6.14. The van der Waals surface area contributed by atoms with Gasteiger partial charge in [0.1, 0.15) is 0 Å². The first-order valence-corrected chi connectivity index (χ1v) is 7.17. The molecule has 0 amide bonds. The second-order valence-electron chi connectivity index (χ2n) is 4.19. The van der Waals surface area contributed by atoms with E-state index in [0.29, 0.717) is 25.9 Å². The highest BCUT2D eigenvalue weighted by Gasteiger charge is 2.29. The molecule has 0 aliphatic carbocycles. The van der Waals surface area contributed by atoms with E-state index in [9.17, 15) is 13.5 Å². The topological polar surface area (TPSA) is 110 Å². The molecule has 7 nitrogen and oxygen atoms in total. The van der Waals surface area contributed by atoms with Crippen LogP contribution in [0.4, 0.5) is 11.7 Å². The van der Waals surface area contributed by atoms with E-state index in [1.54, 1.807) is 4.90 Å². The van der Waals surface area contributed by atoms with Crippen LogP contribution in [0.5, 0.6) is 0 Å². The van der Waals surface area contributed by atoms with E-state index in [2.05, 4.69) is 5.16 Å². The normalized spacial score (nSPS) is 18.6. The van der Waals surface area contributed by atoms with Gasteiger partial charge in [0.2, 0.25) is 5.88 Å². The summed E-state index contributed by atoms with van der Waals surface area (Å²) in [7, 11) is -3.47. The maximum absolute atomic E-state index is 11.6. The minimum Gasteiger partial charge on any atom is -0.393 e. The van der Waals surface area contributed by atoms with Crippen molar-refractivity contribution in [3.63, 3.8) is 0 Å². The first-order valence-electron chi connectivity index (χ1n) is 5.28. The third-order valence-electron chi connectivity index (χ3n) is 2.79. The Kier molecular flexibility index (Phi) is 3.00. The summed E-state index contributed by atoms with van der Waals surface area (Å²) < 4.78 is 27.9. The first-order chi connectivity index (χ1) is 7.89. The summed E-state index contributed by atoms with van der Waals surface area (Å²) in [4.78, 5) is 1.71. The van der Waals surface area contributed by atoms with Crippen molar-refractivity contribution in [2.75, 3.05) is 30.0 Å². The summed E-state index contributed by atoms with van der Waals surface area (Å²) in [6.45, 7) is 1.07. The smallest absolute Gasteiger partial charge is 0.243 e. The van der Waals surface area contributed by atoms with Gasteiger partial charge in [-0.2, -0.15) is 0 Å². The molecule has 2 heterocycles. The number of aromatic nitrogens is 1. The lowest BCUT2D eigenvalue weighted by Crippen LogP contribution is -2.36. The fourth-order valence-electron chi connectivity index (χ4n) is 1.91. The van der Waals surface area contributed by atoms with Crippen LogP contribution in [-0.2, 0) is 9.84 Å². The van der Waals surface area contributed by atoms with Crippen molar-refractivity contribution in [2.45, 2.75) is 23.8 Å². The molecular weight excluding hydrogens is 246 g/mol. The van der Waals surface area contributed by atoms with E-state index in [1.165, 1.54) is 0 Å². The molecule has 1 aliphatic rings. The number of rotatable bonds is 2. The Balaban J connectivity index is 2.34. The summed E-state index contributed by atoms with van der Waals surface area (Å²) >= 11 is 0. The van der Waals surface area contributed by atoms with Crippen LogP contribution in [0.2, 0.25) is 0 Å². The highest BCUT2D eigenvalue weighted by Crippen LogP contribution is 2.31. The lowest BCUT2D eigenvalue weighted by Gasteiger charge is -2.29. The maximum Gasteiger partial charge on any atom is 0.243 e. The third kappa shape index (κ3) is 2.37. The van der Waals surface area contributed by atoms with Gasteiger partial charge < -0.3 is 20.3 Å². The average Bonchev–Trinajstić information content (AvgIpc) is 2.61. The van der Waals surface area contributed by atoms with E-state index in [0.717, 1.165) is 6.26 Å². The van der Waals surface area contributed by atoms with Gasteiger partial charge in [-0.3, -0.25) is 0 Å². The number of piperidine rings is 1. The number of nitrogen functional groups attached to an aromatic ring is 1. The Bertz CT molecular complexity index is 502. The lowest BCUT2D eigenvalue weighted by molar-refractivity contribution is 0.145. The number of hydrogen-bond donors (Lipinski definition) is 2. The van der Waals surface area contributed by atoms with Gasteiger partial charge >= 0.3 is 0 Å². The van der Waals surface area contributed by atoms with Crippen LogP contribution in [0.3, 0.4) is 0 Å². The Labute approximate surface area is 99.1 Å². The lowest BCUT2D eigenvalue weighted by atomic mass is 10.1. The predicted molar refractivity (Wildman–Crippen MR) is 61.5 cm³/mol. The Morgan fingerprint density at radius 3 is 2.59 bits per heavy atom. The number of aliphatic hydroxyl groups is 1. The van der Waals surface area contributed by atoms with E-state index < -0.39 is 9.84 Å². The van der Waals surface area contributed by atoms with Gasteiger partial charge in [0.15, 0.2) is 20.6 Å². The van der Waals surface area contributed by atoms with Gasteiger partial charge in [0.25, 0.3) is 0 Å². The Morgan fingerprint density at radius 2 is 2.06 bits per heavy atom. The molecule has 0 aromatic carbocycles. The molecule has 0 bridgehead atoms. The molecule has 0 spiro atoms. The van der Waals surface area contributed by atoms with E-state index >= 15 is 0 Å². The molecular formula is C9H15N3O4S. The zero-order valence-electron chi connectivity index (χ0n) is 9.46. The van der Waals surface area contributed by atoms with Gasteiger partial charge in [-0.15, -0.1) is 0 Å². The molecule has 0 radical (unpaired) electrons. The van der Waals surface area contributed by atoms with Crippen LogP contribution in [0.15, 0.2) is 9.42 Å². The molecule has 0 unspecified atom stereocenters. The van der Waals surface area contributed by atoms with Crippen molar-refractivity contribution < 1.29 is 18.0 Å². The van der Waals surface area contributed by atoms with Crippen molar-refractivity contribution in [3.05, 3.63) is 0 Å². The molecule has 1 saturated heterocycles. The molecule has 17 heavy (non-hydrogen) atoms. The fourth-order valence-corrected chi connectivity index (χ4v) is 2.81. The van der Waals surface area contributed by atoms with Gasteiger partial charge in [-0.05, 0) is 12.8 Å². The van der Waals surface area contributed by atoms with Crippen molar-refractivity contribution in [1.29, 1.82) is 0 Å². The Hall–Kier alpha value is -1.28. The predicted octanol–water partition coefficient (Wildman–Crippen LogP) is -0.379. The molecule has 1 fully saturated rings. The zero-order chi connectivity index (χ0) is 12.6. The quantitative estimate of drug-likeness (QED) is 0.746. The van der Waals surface area contributed by atoms with E-state index in [1.807, 2.05) is 0 Å². The number of anilines is 2. The molecule has 1 aliphatic heterocycles. The van der Waals surface area contributed by atoms with Gasteiger partial charge in [0.05, 0.1) is 6.10 Å². The highest BCUT2D eigenvalue weighted by atomic mass is 32.2. The van der Waals surface area contributed by atoms with Crippen LogP contribution < -0.4 is 10.6 Å². The molecule has 3 N–H and O–H groups in total. The summed E-state index contributed by atoms with van der Waals surface area (Å²) in [5.41, 5.74) is 5.48. The monoisotopic (exact) mass is 261 g/mol. The average molecular weight is 261 g/mol. The minimum atomic E-state index is -3.47. The van der Waals surface area contributed by atoms with Gasteiger partial charge in [-0.25, -0.2) is 8.42 Å². The number of sulfone groups is 1. The largest absolute Gasteiger partial charge is 0.393 e. The molecule has 1 aromatic heterocycles. The number of aliphatic hydroxyl groups excluding tert-OH is 1. The number of nitrogens with zero attached hydrogens (tertiary/aromatic N) is 2. The van der Waals surface area contributed by atoms with Crippen molar-refractivity contribution in [3.8, 4) is 0 Å². The van der Waals surface area contributed by atoms with Crippen molar-refractivity contribution >= 4 is 21.5 Å². The fraction of sp³-hybridized carbons (Fsp3) is 0.667. The second kappa shape index (κ2) is 4.19. The van der Waals surface area contributed by atoms with Crippen LogP contribution in [0.25, 0.3) is 0 Å². The molecule has 0 saturated carbocycles. The highest BCUT2D eigenvalue weighted by molar-refractivity contribution is 7.91. The SMILES string of the molecule is CS(=O)(=O)c1c(N2CCC(O)CC2)noc1N. The molecule has 8 heteroatoms. The summed E-state index contributed by atoms with van der Waals surface area (Å²) in [6.07, 6.45) is 1.89. The summed E-state index contributed by atoms with van der Waals surface area (Å²) in [5.74, 6) is 0.0607. The van der Waals surface area contributed by atoms with Crippen LogP contribution in [0.1, 0.15) is 12.8 Å². The first kappa shape index (κ1) is 12.2. The maximum atomic E-state index is 11.6. The Morgan fingerprint density at radius 1 is 1.47 bits per heavy atom. The van der Waals surface area contributed by atoms with E-state index in [-0.39, 0.29) is 22.7 Å².